The summed E-state index contributed by atoms with van der Waals surface area (Å²) in [5.74, 6) is 0.666. The second-order valence-corrected chi connectivity index (χ2v) is 6.65. The van der Waals surface area contributed by atoms with Crippen molar-refractivity contribution in [2.24, 2.45) is 0 Å². The van der Waals surface area contributed by atoms with Crippen molar-refractivity contribution in [3.05, 3.63) is 29.8 Å². The Kier molecular flexibility index (Phi) is 6.35. The molecule has 2 unspecified atom stereocenters. The standard InChI is InChI=1S/C15H22BrNO2/c1-10(2)19-14-7-5-6-13(9-14)15(18)17-12(4)8-11(3)16/h5-7,9-12H,8H2,1-4H3,(H,17,18). The number of carbonyl (C=O) groups excluding carboxylic acids is 1. The van der Waals surface area contributed by atoms with Crippen molar-refractivity contribution in [3.8, 4) is 5.75 Å². The van der Waals surface area contributed by atoms with Gasteiger partial charge in [-0.3, -0.25) is 4.79 Å². The van der Waals surface area contributed by atoms with Crippen molar-refractivity contribution in [1.29, 1.82) is 0 Å². The van der Waals surface area contributed by atoms with Gasteiger partial charge in [-0.25, -0.2) is 0 Å². The number of rotatable bonds is 6. The molecule has 1 aromatic rings. The summed E-state index contributed by atoms with van der Waals surface area (Å²) in [6.45, 7) is 8.00. The Morgan fingerprint density at radius 2 is 2.00 bits per heavy atom. The van der Waals surface area contributed by atoms with E-state index in [0.717, 1.165) is 12.2 Å². The average Bonchev–Trinajstić information content (AvgIpc) is 2.27. The smallest absolute Gasteiger partial charge is 0.251 e. The van der Waals surface area contributed by atoms with Crippen molar-refractivity contribution in [1.82, 2.24) is 5.32 Å². The summed E-state index contributed by atoms with van der Waals surface area (Å²) < 4.78 is 5.59. The Labute approximate surface area is 123 Å². The zero-order chi connectivity index (χ0) is 14.4. The number of hydrogen-bond acceptors (Lipinski definition) is 2. The first kappa shape index (κ1) is 16.0. The van der Waals surface area contributed by atoms with Gasteiger partial charge in [0.2, 0.25) is 0 Å². The van der Waals surface area contributed by atoms with E-state index in [9.17, 15) is 4.79 Å². The highest BCUT2D eigenvalue weighted by Gasteiger charge is 2.12. The molecule has 0 bridgehead atoms. The van der Waals surface area contributed by atoms with Crippen LogP contribution in [0.4, 0.5) is 0 Å². The molecule has 3 nitrogen and oxygen atoms in total. The lowest BCUT2D eigenvalue weighted by molar-refractivity contribution is 0.0938. The number of ether oxygens (including phenoxy) is 1. The van der Waals surface area contributed by atoms with Crippen LogP contribution in [0.3, 0.4) is 0 Å². The molecule has 0 saturated heterocycles. The van der Waals surface area contributed by atoms with Crippen LogP contribution in [0.5, 0.6) is 5.75 Å². The number of amides is 1. The third-order valence-electron chi connectivity index (χ3n) is 2.52. The van der Waals surface area contributed by atoms with E-state index in [0.29, 0.717) is 10.4 Å². The Morgan fingerprint density at radius 3 is 2.58 bits per heavy atom. The first-order valence-electron chi connectivity index (χ1n) is 6.60. The van der Waals surface area contributed by atoms with Crippen molar-refractivity contribution < 1.29 is 9.53 Å². The van der Waals surface area contributed by atoms with Gasteiger partial charge in [-0.1, -0.05) is 28.9 Å². The quantitative estimate of drug-likeness (QED) is 0.808. The van der Waals surface area contributed by atoms with Crippen LogP contribution in [-0.2, 0) is 0 Å². The SMILES string of the molecule is CC(Br)CC(C)NC(=O)c1cccc(OC(C)C)c1. The highest BCUT2D eigenvalue weighted by atomic mass is 79.9. The predicted molar refractivity (Wildman–Crippen MR) is 82.1 cm³/mol. The number of alkyl halides is 1. The molecule has 1 aromatic carbocycles. The largest absolute Gasteiger partial charge is 0.491 e. The maximum atomic E-state index is 12.1. The predicted octanol–water partition coefficient (Wildman–Crippen LogP) is 3.77. The number of hydrogen-bond donors (Lipinski definition) is 1. The second-order valence-electron chi connectivity index (χ2n) is 5.09. The lowest BCUT2D eigenvalue weighted by atomic mass is 10.1. The number of halogens is 1. The molecule has 1 amide bonds. The van der Waals surface area contributed by atoms with E-state index in [2.05, 4.69) is 28.2 Å². The molecule has 0 aliphatic heterocycles. The van der Waals surface area contributed by atoms with Crippen molar-refractivity contribution in [2.45, 2.75) is 51.1 Å². The lowest BCUT2D eigenvalue weighted by Gasteiger charge is -2.16. The summed E-state index contributed by atoms with van der Waals surface area (Å²) in [6, 6.07) is 7.41. The fourth-order valence-corrected chi connectivity index (χ4v) is 2.40. The third kappa shape index (κ3) is 6.10. The molecule has 1 N–H and O–H groups in total. The molecule has 0 aliphatic carbocycles. The number of carbonyl (C=O) groups is 1. The summed E-state index contributed by atoms with van der Waals surface area (Å²) in [4.78, 5) is 12.5. The number of nitrogens with one attached hydrogen (secondary N) is 1. The van der Waals surface area contributed by atoms with Crippen LogP contribution in [0.25, 0.3) is 0 Å². The molecule has 1 rings (SSSR count). The zero-order valence-corrected chi connectivity index (χ0v) is 13.5. The van der Waals surface area contributed by atoms with Crippen LogP contribution in [0.15, 0.2) is 24.3 Å². The van der Waals surface area contributed by atoms with Gasteiger partial charge in [0.1, 0.15) is 5.75 Å². The van der Waals surface area contributed by atoms with Crippen LogP contribution in [0.1, 0.15) is 44.5 Å². The maximum absolute atomic E-state index is 12.1. The molecule has 0 radical (unpaired) electrons. The minimum Gasteiger partial charge on any atom is -0.491 e. The van der Waals surface area contributed by atoms with E-state index in [1.54, 1.807) is 12.1 Å². The third-order valence-corrected chi connectivity index (χ3v) is 2.90. The normalized spacial score (nSPS) is 14.0. The molecule has 19 heavy (non-hydrogen) atoms. The molecule has 0 fully saturated rings. The molecule has 0 saturated carbocycles. The molecule has 0 spiro atoms. The van der Waals surface area contributed by atoms with E-state index in [-0.39, 0.29) is 18.1 Å². The minimum atomic E-state index is -0.0603. The van der Waals surface area contributed by atoms with E-state index in [1.807, 2.05) is 32.9 Å². The van der Waals surface area contributed by atoms with Gasteiger partial charge in [-0.15, -0.1) is 0 Å². The van der Waals surface area contributed by atoms with Crippen LogP contribution in [0.2, 0.25) is 0 Å². The van der Waals surface area contributed by atoms with E-state index in [4.69, 9.17) is 4.74 Å². The van der Waals surface area contributed by atoms with Gasteiger partial charge in [0, 0.05) is 16.4 Å². The van der Waals surface area contributed by atoms with Gasteiger partial charge in [-0.2, -0.15) is 0 Å². The molecular formula is C15H22BrNO2. The zero-order valence-electron chi connectivity index (χ0n) is 11.9. The molecule has 106 valence electrons. The summed E-state index contributed by atoms with van der Waals surface area (Å²) in [5, 5.41) is 2.98. The Hall–Kier alpha value is -1.03. The van der Waals surface area contributed by atoms with Crippen molar-refractivity contribution in [3.63, 3.8) is 0 Å². The highest BCUT2D eigenvalue weighted by Crippen LogP contribution is 2.15. The van der Waals surface area contributed by atoms with Gasteiger partial charge in [0.05, 0.1) is 6.10 Å². The second kappa shape index (κ2) is 7.53. The summed E-state index contributed by atoms with van der Waals surface area (Å²) >= 11 is 3.49. The fourth-order valence-electron chi connectivity index (χ4n) is 1.84. The van der Waals surface area contributed by atoms with Gasteiger partial charge in [0.25, 0.3) is 5.91 Å². The van der Waals surface area contributed by atoms with Gasteiger partial charge < -0.3 is 10.1 Å². The highest BCUT2D eigenvalue weighted by molar-refractivity contribution is 9.09. The Balaban J connectivity index is 2.66. The van der Waals surface area contributed by atoms with Crippen molar-refractivity contribution in [2.75, 3.05) is 0 Å². The minimum absolute atomic E-state index is 0.0603. The molecule has 0 heterocycles. The summed E-state index contributed by atoms with van der Waals surface area (Å²) in [7, 11) is 0. The number of benzene rings is 1. The fraction of sp³-hybridized carbons (Fsp3) is 0.533. The maximum Gasteiger partial charge on any atom is 0.251 e. The lowest BCUT2D eigenvalue weighted by Crippen LogP contribution is -2.33. The first-order chi connectivity index (χ1) is 8.88. The topological polar surface area (TPSA) is 38.3 Å². The Morgan fingerprint density at radius 1 is 1.32 bits per heavy atom. The van der Waals surface area contributed by atoms with Gasteiger partial charge in [0.15, 0.2) is 0 Å². The molecular weight excluding hydrogens is 306 g/mol. The van der Waals surface area contributed by atoms with Gasteiger partial charge in [-0.05, 0) is 45.4 Å². The van der Waals surface area contributed by atoms with E-state index < -0.39 is 0 Å². The summed E-state index contributed by atoms with van der Waals surface area (Å²) in [5.41, 5.74) is 0.632. The van der Waals surface area contributed by atoms with Crippen LogP contribution >= 0.6 is 15.9 Å². The monoisotopic (exact) mass is 327 g/mol. The van der Waals surface area contributed by atoms with Gasteiger partial charge >= 0.3 is 0 Å². The summed E-state index contributed by atoms with van der Waals surface area (Å²) in [6.07, 6.45) is 1.000. The van der Waals surface area contributed by atoms with Crippen LogP contribution < -0.4 is 10.1 Å². The van der Waals surface area contributed by atoms with Crippen LogP contribution in [0, 0.1) is 0 Å². The first-order valence-corrected chi connectivity index (χ1v) is 7.51. The van der Waals surface area contributed by atoms with E-state index >= 15 is 0 Å². The van der Waals surface area contributed by atoms with Crippen molar-refractivity contribution >= 4 is 21.8 Å². The molecule has 0 aromatic heterocycles. The Bertz CT molecular complexity index is 418. The van der Waals surface area contributed by atoms with Crippen LogP contribution in [-0.4, -0.2) is 22.9 Å². The molecule has 2 atom stereocenters. The molecule has 0 aliphatic rings. The van der Waals surface area contributed by atoms with E-state index in [1.165, 1.54) is 0 Å². The average molecular weight is 328 g/mol. The molecule has 4 heteroatoms.